The van der Waals surface area contributed by atoms with E-state index in [0.717, 1.165) is 5.69 Å². The van der Waals surface area contributed by atoms with Crippen molar-refractivity contribution in [1.29, 1.82) is 0 Å². The number of hydrogen-bond acceptors (Lipinski definition) is 5. The minimum absolute atomic E-state index is 0.231. The van der Waals surface area contributed by atoms with Gasteiger partial charge in [0.05, 0.1) is 36.4 Å². The van der Waals surface area contributed by atoms with Crippen LogP contribution in [0.25, 0.3) is 0 Å². The molecule has 2 aromatic rings. The molecule has 126 valence electrons. The summed E-state index contributed by atoms with van der Waals surface area (Å²) in [5.74, 6) is -0.220. The molecule has 0 unspecified atom stereocenters. The predicted molar refractivity (Wildman–Crippen MR) is 89.5 cm³/mol. The van der Waals surface area contributed by atoms with Gasteiger partial charge in [0.2, 0.25) is 11.8 Å². The largest absolute Gasteiger partial charge is 0.492 e. The van der Waals surface area contributed by atoms with Crippen molar-refractivity contribution in [2.75, 3.05) is 11.9 Å². The maximum atomic E-state index is 12.0. The van der Waals surface area contributed by atoms with Gasteiger partial charge in [0.1, 0.15) is 12.2 Å². The molecule has 1 aromatic carbocycles. The second-order valence-corrected chi connectivity index (χ2v) is 5.08. The fourth-order valence-corrected chi connectivity index (χ4v) is 1.95. The quantitative estimate of drug-likeness (QED) is 0.756. The highest BCUT2D eigenvalue weighted by Crippen LogP contribution is 2.23. The second-order valence-electron chi connectivity index (χ2n) is 5.08. The van der Waals surface area contributed by atoms with Crippen LogP contribution in [0.1, 0.15) is 24.7 Å². The third-order valence-corrected chi connectivity index (χ3v) is 3.08. The van der Waals surface area contributed by atoms with Crippen molar-refractivity contribution < 1.29 is 14.3 Å². The maximum Gasteiger partial charge on any atom is 0.233 e. The Morgan fingerprint density at radius 1 is 1.12 bits per heavy atom. The van der Waals surface area contributed by atoms with E-state index in [1.165, 1.54) is 0 Å². The number of anilines is 1. The molecule has 0 bridgehead atoms. The molecule has 24 heavy (non-hydrogen) atoms. The Morgan fingerprint density at radius 2 is 1.92 bits per heavy atom. The number of carbonyl (C=O) groups excluding carboxylic acids is 2. The highest BCUT2D eigenvalue weighted by atomic mass is 16.5. The summed E-state index contributed by atoms with van der Waals surface area (Å²) in [6.45, 7) is 4.42. The minimum Gasteiger partial charge on any atom is -0.492 e. The molecule has 0 saturated carbocycles. The second kappa shape index (κ2) is 8.61. The van der Waals surface area contributed by atoms with Crippen molar-refractivity contribution in [2.24, 2.45) is 0 Å². The lowest BCUT2D eigenvalue weighted by molar-refractivity contribution is -0.126. The van der Waals surface area contributed by atoms with Crippen LogP contribution in [0.15, 0.2) is 36.7 Å². The third kappa shape index (κ3) is 5.35. The number of ether oxygens (including phenoxy) is 1. The van der Waals surface area contributed by atoms with Gasteiger partial charge in [0.15, 0.2) is 0 Å². The molecular formula is C17H20N4O3. The van der Waals surface area contributed by atoms with Gasteiger partial charge >= 0.3 is 0 Å². The Kier molecular flexibility index (Phi) is 6.24. The number of nitrogens with zero attached hydrogens (tertiary/aromatic N) is 2. The van der Waals surface area contributed by atoms with Crippen molar-refractivity contribution in [3.8, 4) is 5.75 Å². The lowest BCUT2D eigenvalue weighted by Crippen LogP contribution is -2.28. The Bertz CT molecular complexity index is 701. The van der Waals surface area contributed by atoms with Gasteiger partial charge in [-0.1, -0.05) is 12.1 Å². The average molecular weight is 328 g/mol. The summed E-state index contributed by atoms with van der Waals surface area (Å²) in [7, 11) is 0. The zero-order valence-electron chi connectivity index (χ0n) is 13.7. The number of para-hydroxylation sites is 2. The number of carbonyl (C=O) groups is 2. The number of rotatable bonds is 7. The van der Waals surface area contributed by atoms with Crippen LogP contribution in [0.2, 0.25) is 0 Å². The van der Waals surface area contributed by atoms with Gasteiger partial charge in [-0.2, -0.15) is 0 Å². The maximum absolute atomic E-state index is 12.0. The van der Waals surface area contributed by atoms with E-state index < -0.39 is 5.91 Å². The van der Waals surface area contributed by atoms with Crippen molar-refractivity contribution in [1.82, 2.24) is 15.3 Å². The predicted octanol–water partition coefficient (Wildman–Crippen LogP) is 1.83. The summed E-state index contributed by atoms with van der Waals surface area (Å²) in [5.41, 5.74) is 1.98. The van der Waals surface area contributed by atoms with Crippen molar-refractivity contribution in [3.63, 3.8) is 0 Å². The van der Waals surface area contributed by atoms with E-state index >= 15 is 0 Å². The lowest BCUT2D eigenvalue weighted by atomic mass is 10.2. The molecule has 2 rings (SSSR count). The number of benzene rings is 1. The van der Waals surface area contributed by atoms with E-state index in [0.29, 0.717) is 23.7 Å². The Hall–Kier alpha value is -2.96. The van der Waals surface area contributed by atoms with Gasteiger partial charge in [-0.05, 0) is 26.0 Å². The minimum atomic E-state index is -0.408. The molecule has 0 aliphatic carbocycles. The zero-order valence-corrected chi connectivity index (χ0v) is 13.7. The number of aryl methyl sites for hydroxylation is 1. The summed E-state index contributed by atoms with van der Waals surface area (Å²) in [4.78, 5) is 32.1. The summed E-state index contributed by atoms with van der Waals surface area (Å²) < 4.78 is 5.43. The molecule has 7 heteroatoms. The average Bonchev–Trinajstić information content (AvgIpc) is 2.56. The molecule has 1 aromatic heterocycles. The highest BCUT2D eigenvalue weighted by molar-refractivity contribution is 6.04. The molecule has 0 aliphatic rings. The van der Waals surface area contributed by atoms with Crippen LogP contribution in [0.4, 0.5) is 5.69 Å². The first-order valence-electron chi connectivity index (χ1n) is 7.64. The molecule has 0 spiro atoms. The molecule has 2 amide bonds. The van der Waals surface area contributed by atoms with Crippen LogP contribution in [-0.2, 0) is 16.1 Å². The van der Waals surface area contributed by atoms with Crippen molar-refractivity contribution in [3.05, 3.63) is 48.0 Å². The fraction of sp³-hybridized carbons (Fsp3) is 0.294. The Morgan fingerprint density at radius 3 is 2.62 bits per heavy atom. The Balaban J connectivity index is 1.83. The van der Waals surface area contributed by atoms with Gasteiger partial charge in [-0.15, -0.1) is 0 Å². The van der Waals surface area contributed by atoms with Gasteiger partial charge in [-0.25, -0.2) is 0 Å². The first-order valence-corrected chi connectivity index (χ1v) is 7.64. The molecule has 0 saturated heterocycles. The molecule has 7 nitrogen and oxygen atoms in total. The van der Waals surface area contributed by atoms with Crippen LogP contribution in [0.5, 0.6) is 5.75 Å². The van der Waals surface area contributed by atoms with Gasteiger partial charge in [0, 0.05) is 6.20 Å². The van der Waals surface area contributed by atoms with E-state index in [1.54, 1.807) is 30.6 Å². The number of nitrogens with one attached hydrogen (secondary N) is 2. The van der Waals surface area contributed by atoms with E-state index in [9.17, 15) is 9.59 Å². The highest BCUT2D eigenvalue weighted by Gasteiger charge is 2.12. The van der Waals surface area contributed by atoms with Gasteiger partial charge in [-0.3, -0.25) is 19.6 Å². The van der Waals surface area contributed by atoms with Crippen molar-refractivity contribution >= 4 is 17.5 Å². The Labute approximate surface area is 140 Å². The molecule has 0 fully saturated rings. The summed E-state index contributed by atoms with van der Waals surface area (Å²) in [6, 6.07) is 7.09. The summed E-state index contributed by atoms with van der Waals surface area (Å²) in [6.07, 6.45) is 2.94. The summed E-state index contributed by atoms with van der Waals surface area (Å²) >= 11 is 0. The molecule has 1 heterocycles. The SMILES string of the molecule is CCOc1ccccc1NC(=O)CC(=O)NCc1cnc(C)cn1. The standard InChI is InChI=1S/C17H20N4O3/c1-3-24-15-7-5-4-6-14(15)21-17(23)8-16(22)20-11-13-10-18-12(2)9-19-13/h4-7,9-10H,3,8,11H2,1-2H3,(H,20,22)(H,21,23). The number of amides is 2. The molecule has 0 atom stereocenters. The van der Waals surface area contributed by atoms with Gasteiger partial charge < -0.3 is 15.4 Å². The topological polar surface area (TPSA) is 93.2 Å². The fourth-order valence-electron chi connectivity index (χ4n) is 1.95. The van der Waals surface area contributed by atoms with Crippen molar-refractivity contribution in [2.45, 2.75) is 26.8 Å². The van der Waals surface area contributed by atoms with E-state index in [4.69, 9.17) is 4.74 Å². The van der Waals surface area contributed by atoms with E-state index in [2.05, 4.69) is 20.6 Å². The summed E-state index contributed by atoms with van der Waals surface area (Å²) in [5, 5.41) is 5.32. The molecular weight excluding hydrogens is 308 g/mol. The monoisotopic (exact) mass is 328 g/mol. The molecule has 2 N–H and O–H groups in total. The van der Waals surface area contributed by atoms with Gasteiger partial charge in [0.25, 0.3) is 0 Å². The first-order chi connectivity index (χ1) is 11.6. The number of hydrogen-bond donors (Lipinski definition) is 2. The van der Waals surface area contributed by atoms with E-state index in [1.807, 2.05) is 19.9 Å². The smallest absolute Gasteiger partial charge is 0.233 e. The third-order valence-electron chi connectivity index (χ3n) is 3.08. The van der Waals surface area contributed by atoms with E-state index in [-0.39, 0.29) is 18.9 Å². The van der Waals surface area contributed by atoms with Crippen LogP contribution in [-0.4, -0.2) is 28.4 Å². The van der Waals surface area contributed by atoms with Crippen LogP contribution < -0.4 is 15.4 Å². The van der Waals surface area contributed by atoms with Crippen LogP contribution in [0, 0.1) is 6.92 Å². The lowest BCUT2D eigenvalue weighted by Gasteiger charge is -2.11. The van der Waals surface area contributed by atoms with Crippen LogP contribution in [0.3, 0.4) is 0 Å². The first kappa shape index (κ1) is 17.4. The molecule has 0 aliphatic heterocycles. The number of aromatic nitrogens is 2. The normalized spacial score (nSPS) is 10.1. The molecule has 0 radical (unpaired) electrons. The van der Waals surface area contributed by atoms with Crippen LogP contribution >= 0.6 is 0 Å². The zero-order chi connectivity index (χ0) is 17.4.